The second kappa shape index (κ2) is 6.66. The highest BCUT2D eigenvalue weighted by Crippen LogP contribution is 2.36. The van der Waals surface area contributed by atoms with Crippen LogP contribution in [0.3, 0.4) is 0 Å². The summed E-state index contributed by atoms with van der Waals surface area (Å²) in [7, 11) is 1.33. The minimum Gasteiger partial charge on any atom is -0.465 e. The summed E-state index contributed by atoms with van der Waals surface area (Å²) in [6, 6.07) is 10.5. The number of methoxy groups -OCH3 is 1. The van der Waals surface area contributed by atoms with Gasteiger partial charge in [-0.05, 0) is 41.8 Å². The molecule has 0 unspecified atom stereocenters. The Kier molecular flexibility index (Phi) is 4.61. The summed E-state index contributed by atoms with van der Waals surface area (Å²) < 4.78 is 5.14. The Labute approximate surface area is 146 Å². The number of nitrogens with zero attached hydrogens (tertiary/aromatic N) is 1. The Hall–Kier alpha value is -1.96. The van der Waals surface area contributed by atoms with Crippen molar-refractivity contribution < 1.29 is 14.3 Å². The molecule has 1 aliphatic rings. The minimum absolute atomic E-state index is 0.154. The van der Waals surface area contributed by atoms with Crippen molar-refractivity contribution in [3.8, 4) is 0 Å². The van der Waals surface area contributed by atoms with Gasteiger partial charge in [-0.3, -0.25) is 9.69 Å². The molecule has 1 fully saturated rings. The van der Waals surface area contributed by atoms with Crippen molar-refractivity contribution >= 4 is 63.3 Å². The van der Waals surface area contributed by atoms with Gasteiger partial charge in [0.05, 0.1) is 23.3 Å². The van der Waals surface area contributed by atoms with Gasteiger partial charge in [0.2, 0.25) is 0 Å². The van der Waals surface area contributed by atoms with Crippen LogP contribution in [0.5, 0.6) is 0 Å². The van der Waals surface area contributed by atoms with Crippen LogP contribution in [0.25, 0.3) is 6.08 Å². The number of rotatable bonds is 3. The van der Waals surface area contributed by atoms with Crippen LogP contribution in [0.2, 0.25) is 0 Å². The molecule has 1 aromatic heterocycles. The molecule has 0 atom stereocenters. The van der Waals surface area contributed by atoms with Crippen LogP contribution in [-0.4, -0.2) is 23.3 Å². The second-order valence-corrected chi connectivity index (χ2v) is 7.23. The van der Waals surface area contributed by atoms with Crippen molar-refractivity contribution in [1.29, 1.82) is 0 Å². The Balaban J connectivity index is 1.87. The number of benzene rings is 1. The number of amides is 1. The quantitative estimate of drug-likeness (QED) is 0.471. The van der Waals surface area contributed by atoms with E-state index >= 15 is 0 Å². The lowest BCUT2D eigenvalue weighted by Crippen LogP contribution is -2.27. The summed E-state index contributed by atoms with van der Waals surface area (Å²) in [5.74, 6) is -0.571. The highest BCUT2D eigenvalue weighted by atomic mass is 32.2. The van der Waals surface area contributed by atoms with Crippen molar-refractivity contribution in [2.45, 2.75) is 0 Å². The summed E-state index contributed by atoms with van der Waals surface area (Å²) in [5, 5.41) is 1.96. The SMILES string of the molecule is COC(=O)c1ccc(N2C(=O)/C(=C/c3cccs3)SC2=S)cc1. The van der Waals surface area contributed by atoms with Gasteiger partial charge in [0.25, 0.3) is 5.91 Å². The highest BCUT2D eigenvalue weighted by Gasteiger charge is 2.33. The molecule has 7 heteroatoms. The van der Waals surface area contributed by atoms with Crippen LogP contribution < -0.4 is 4.90 Å². The molecular formula is C16H11NO3S3. The predicted octanol–water partition coefficient (Wildman–Crippen LogP) is 3.94. The van der Waals surface area contributed by atoms with Crippen LogP contribution in [0, 0.1) is 0 Å². The zero-order chi connectivity index (χ0) is 16.4. The van der Waals surface area contributed by atoms with Crippen LogP contribution in [0.1, 0.15) is 15.2 Å². The van der Waals surface area contributed by atoms with Gasteiger partial charge in [0.1, 0.15) is 0 Å². The lowest BCUT2D eigenvalue weighted by Gasteiger charge is -2.14. The Morgan fingerprint density at radius 2 is 2.00 bits per heavy atom. The molecule has 4 nitrogen and oxygen atoms in total. The largest absolute Gasteiger partial charge is 0.465 e. The standard InChI is InChI=1S/C16H11NO3S3/c1-20-15(19)10-4-6-11(7-5-10)17-14(18)13(23-16(17)21)9-12-3-2-8-22-12/h2-9H,1H3/b13-9-. The number of hydrogen-bond acceptors (Lipinski definition) is 6. The number of carbonyl (C=O) groups excluding carboxylic acids is 2. The summed E-state index contributed by atoms with van der Waals surface area (Å²) in [6.07, 6.45) is 1.84. The van der Waals surface area contributed by atoms with Gasteiger partial charge in [0, 0.05) is 4.88 Å². The number of thioether (sulfide) groups is 1. The van der Waals surface area contributed by atoms with E-state index in [1.54, 1.807) is 35.6 Å². The predicted molar refractivity (Wildman–Crippen MR) is 97.8 cm³/mol. The van der Waals surface area contributed by atoms with E-state index in [1.165, 1.54) is 23.8 Å². The van der Waals surface area contributed by atoms with Gasteiger partial charge in [-0.15, -0.1) is 11.3 Å². The van der Waals surface area contributed by atoms with E-state index in [2.05, 4.69) is 4.74 Å². The third kappa shape index (κ3) is 3.21. The van der Waals surface area contributed by atoms with Crippen molar-refractivity contribution in [1.82, 2.24) is 0 Å². The molecule has 2 heterocycles. The van der Waals surface area contributed by atoms with Crippen molar-refractivity contribution in [2.24, 2.45) is 0 Å². The minimum atomic E-state index is -0.417. The van der Waals surface area contributed by atoms with E-state index < -0.39 is 5.97 Å². The summed E-state index contributed by atoms with van der Waals surface area (Å²) in [6.45, 7) is 0. The lowest BCUT2D eigenvalue weighted by atomic mass is 10.2. The Morgan fingerprint density at radius 1 is 1.26 bits per heavy atom. The summed E-state index contributed by atoms with van der Waals surface area (Å²) in [4.78, 5) is 27.1. The van der Waals surface area contributed by atoms with Crippen LogP contribution in [-0.2, 0) is 9.53 Å². The van der Waals surface area contributed by atoms with Crippen LogP contribution in [0.4, 0.5) is 5.69 Å². The molecule has 3 rings (SSSR count). The van der Waals surface area contributed by atoms with Crippen molar-refractivity contribution in [3.63, 3.8) is 0 Å². The fraction of sp³-hybridized carbons (Fsp3) is 0.0625. The molecule has 23 heavy (non-hydrogen) atoms. The molecule has 1 saturated heterocycles. The number of esters is 1. The number of thiophene rings is 1. The first kappa shape index (κ1) is 15.9. The maximum Gasteiger partial charge on any atom is 0.337 e. The van der Waals surface area contributed by atoms with Gasteiger partial charge in [0.15, 0.2) is 4.32 Å². The zero-order valence-electron chi connectivity index (χ0n) is 12.0. The molecule has 0 spiro atoms. The topological polar surface area (TPSA) is 46.6 Å². The molecule has 0 aliphatic carbocycles. The van der Waals surface area contributed by atoms with E-state index in [9.17, 15) is 9.59 Å². The Bertz CT molecular complexity index is 794. The molecule has 1 amide bonds. The maximum atomic E-state index is 12.6. The maximum absolute atomic E-state index is 12.6. The van der Waals surface area contributed by atoms with Gasteiger partial charge < -0.3 is 4.74 Å². The van der Waals surface area contributed by atoms with Crippen molar-refractivity contribution in [2.75, 3.05) is 12.0 Å². The fourth-order valence-corrected chi connectivity index (χ4v) is 4.08. The van der Waals surface area contributed by atoms with Gasteiger partial charge in [-0.1, -0.05) is 30.0 Å². The molecule has 0 N–H and O–H groups in total. The summed E-state index contributed by atoms with van der Waals surface area (Å²) >= 11 is 8.15. The van der Waals surface area contributed by atoms with Crippen LogP contribution >= 0.6 is 35.3 Å². The van der Waals surface area contributed by atoms with E-state index in [-0.39, 0.29) is 5.91 Å². The average Bonchev–Trinajstić information content (AvgIpc) is 3.16. The van der Waals surface area contributed by atoms with Crippen LogP contribution in [0.15, 0.2) is 46.7 Å². The lowest BCUT2D eigenvalue weighted by molar-refractivity contribution is -0.113. The molecule has 0 radical (unpaired) electrons. The first-order chi connectivity index (χ1) is 11.1. The monoisotopic (exact) mass is 361 g/mol. The third-order valence-electron chi connectivity index (χ3n) is 3.16. The molecule has 0 saturated carbocycles. The average molecular weight is 361 g/mol. The number of carbonyl (C=O) groups is 2. The molecule has 1 aliphatic heterocycles. The molecule has 1 aromatic carbocycles. The molecule has 116 valence electrons. The van der Waals surface area contributed by atoms with E-state index in [4.69, 9.17) is 12.2 Å². The smallest absolute Gasteiger partial charge is 0.337 e. The molecular weight excluding hydrogens is 350 g/mol. The first-order valence-corrected chi connectivity index (χ1v) is 8.70. The number of ether oxygens (including phenoxy) is 1. The van der Waals surface area contributed by atoms with Gasteiger partial charge in [-0.2, -0.15) is 0 Å². The van der Waals surface area contributed by atoms with Crippen molar-refractivity contribution in [3.05, 3.63) is 57.1 Å². The molecule has 2 aromatic rings. The number of hydrogen-bond donors (Lipinski definition) is 0. The highest BCUT2D eigenvalue weighted by molar-refractivity contribution is 8.27. The second-order valence-electron chi connectivity index (χ2n) is 4.57. The summed E-state index contributed by atoms with van der Waals surface area (Å²) in [5.41, 5.74) is 1.06. The van der Waals surface area contributed by atoms with E-state index in [1.807, 2.05) is 23.6 Å². The third-order valence-corrected chi connectivity index (χ3v) is 5.28. The molecule has 0 bridgehead atoms. The zero-order valence-corrected chi connectivity index (χ0v) is 14.5. The first-order valence-electron chi connectivity index (χ1n) is 6.60. The van der Waals surface area contributed by atoms with Gasteiger partial charge in [-0.25, -0.2) is 4.79 Å². The van der Waals surface area contributed by atoms with E-state index in [0.29, 0.717) is 20.5 Å². The number of anilines is 1. The normalized spacial score (nSPS) is 16.2. The Morgan fingerprint density at radius 3 is 2.61 bits per heavy atom. The van der Waals surface area contributed by atoms with E-state index in [0.717, 1.165) is 4.88 Å². The number of thiocarbonyl (C=S) groups is 1. The van der Waals surface area contributed by atoms with Gasteiger partial charge >= 0.3 is 5.97 Å². The fourth-order valence-electron chi connectivity index (χ4n) is 2.06.